The standard InChI is InChI=1S/C11H10N4O3S2/c16-7-8(20-11-14-3-4-15-11)6(18-9(7)17)5-19-10-12-1-2-13-10/h1-4,6,8H,5H2,(H,12,13)(H,14,15). The van der Waals surface area contributed by atoms with Crippen molar-refractivity contribution in [2.75, 3.05) is 5.75 Å². The fourth-order valence-corrected chi connectivity index (χ4v) is 3.72. The van der Waals surface area contributed by atoms with Crippen LogP contribution < -0.4 is 0 Å². The SMILES string of the molecule is O=C1OC(CSc2ncc[nH]2)C(Sc2ncc[nH]2)C1=O. The Bertz CT molecular complexity index is 599. The van der Waals surface area contributed by atoms with E-state index in [1.165, 1.54) is 23.5 Å². The summed E-state index contributed by atoms with van der Waals surface area (Å²) in [6.45, 7) is 0. The van der Waals surface area contributed by atoms with E-state index >= 15 is 0 Å². The van der Waals surface area contributed by atoms with Crippen LogP contribution in [-0.2, 0) is 14.3 Å². The van der Waals surface area contributed by atoms with Crippen LogP contribution in [0.25, 0.3) is 0 Å². The van der Waals surface area contributed by atoms with Crippen LogP contribution in [0.3, 0.4) is 0 Å². The largest absolute Gasteiger partial charge is 0.454 e. The third-order valence-electron chi connectivity index (χ3n) is 2.62. The molecule has 0 aromatic carbocycles. The predicted molar refractivity (Wildman–Crippen MR) is 72.4 cm³/mol. The minimum Gasteiger partial charge on any atom is -0.454 e. The van der Waals surface area contributed by atoms with Gasteiger partial charge in [0.05, 0.1) is 0 Å². The number of esters is 1. The molecule has 7 nitrogen and oxygen atoms in total. The molecule has 0 bridgehead atoms. The number of ether oxygens (including phenoxy) is 1. The van der Waals surface area contributed by atoms with Crippen LogP contribution in [-0.4, -0.2) is 48.8 Å². The van der Waals surface area contributed by atoms with Gasteiger partial charge >= 0.3 is 5.97 Å². The molecule has 2 aromatic heterocycles. The zero-order valence-electron chi connectivity index (χ0n) is 10.1. The average molecular weight is 310 g/mol. The fourth-order valence-electron chi connectivity index (χ4n) is 1.72. The molecule has 1 aliphatic heterocycles. The second kappa shape index (κ2) is 5.71. The van der Waals surface area contributed by atoms with E-state index in [9.17, 15) is 9.59 Å². The van der Waals surface area contributed by atoms with E-state index in [1.54, 1.807) is 24.8 Å². The van der Waals surface area contributed by atoms with Gasteiger partial charge in [-0.25, -0.2) is 14.8 Å². The van der Waals surface area contributed by atoms with Crippen LogP contribution in [0, 0.1) is 0 Å². The monoisotopic (exact) mass is 310 g/mol. The van der Waals surface area contributed by atoms with Crippen LogP contribution in [0.2, 0.25) is 0 Å². The maximum atomic E-state index is 11.8. The molecule has 1 fully saturated rings. The fraction of sp³-hybridized carbons (Fsp3) is 0.273. The van der Waals surface area contributed by atoms with Gasteiger partial charge in [0.15, 0.2) is 10.3 Å². The molecule has 2 atom stereocenters. The van der Waals surface area contributed by atoms with Crippen molar-refractivity contribution in [3.05, 3.63) is 24.8 Å². The molecule has 2 aromatic rings. The van der Waals surface area contributed by atoms with Gasteiger partial charge in [0.2, 0.25) is 0 Å². The number of aromatic nitrogens is 4. The van der Waals surface area contributed by atoms with Gasteiger partial charge in [-0.2, -0.15) is 0 Å². The molecule has 2 unspecified atom stereocenters. The van der Waals surface area contributed by atoms with Gasteiger partial charge in [0, 0.05) is 30.5 Å². The number of carbonyl (C=O) groups excluding carboxylic acids is 2. The second-order valence-corrected chi connectivity index (χ2v) is 6.09. The Labute approximate surface area is 122 Å². The summed E-state index contributed by atoms with van der Waals surface area (Å²) in [5.74, 6) is -0.834. The summed E-state index contributed by atoms with van der Waals surface area (Å²) < 4.78 is 5.12. The van der Waals surface area contributed by atoms with Crippen LogP contribution in [0.15, 0.2) is 35.1 Å². The number of imidazole rings is 2. The van der Waals surface area contributed by atoms with Crippen molar-refractivity contribution >= 4 is 35.3 Å². The zero-order chi connectivity index (χ0) is 13.9. The highest BCUT2D eigenvalue weighted by molar-refractivity contribution is 8.01. The van der Waals surface area contributed by atoms with E-state index in [4.69, 9.17) is 4.74 Å². The number of hydrogen-bond acceptors (Lipinski definition) is 7. The molecule has 0 spiro atoms. The molecular formula is C11H10N4O3S2. The normalized spacial score (nSPS) is 22.2. The number of hydrogen-bond donors (Lipinski definition) is 2. The predicted octanol–water partition coefficient (Wildman–Crippen LogP) is 0.880. The Morgan fingerprint density at radius 2 is 1.85 bits per heavy atom. The second-order valence-electron chi connectivity index (χ2n) is 3.95. The van der Waals surface area contributed by atoms with Gasteiger partial charge in [-0.3, -0.25) is 4.79 Å². The summed E-state index contributed by atoms with van der Waals surface area (Å²) >= 11 is 2.61. The Morgan fingerprint density at radius 1 is 1.15 bits per heavy atom. The summed E-state index contributed by atoms with van der Waals surface area (Å²) in [6, 6.07) is 0. The quantitative estimate of drug-likeness (QED) is 0.480. The number of nitrogens with zero attached hydrogens (tertiary/aromatic N) is 2. The van der Waals surface area contributed by atoms with Gasteiger partial charge in [-0.1, -0.05) is 23.5 Å². The zero-order valence-corrected chi connectivity index (χ0v) is 11.7. The Morgan fingerprint density at radius 3 is 2.50 bits per heavy atom. The van der Waals surface area contributed by atoms with Gasteiger partial charge in [-0.05, 0) is 0 Å². The van der Waals surface area contributed by atoms with E-state index in [2.05, 4.69) is 19.9 Å². The Kier molecular flexibility index (Phi) is 3.79. The number of rotatable bonds is 5. The first kappa shape index (κ1) is 13.3. The maximum absolute atomic E-state index is 11.8. The van der Waals surface area contributed by atoms with Crippen molar-refractivity contribution in [1.29, 1.82) is 0 Å². The molecule has 0 saturated carbocycles. The Balaban J connectivity index is 1.67. The molecule has 3 heterocycles. The number of Topliss-reactive ketones (excluding diaryl/α,β-unsaturated/α-hetero) is 1. The number of thioether (sulfide) groups is 2. The smallest absolute Gasteiger partial charge is 0.376 e. The van der Waals surface area contributed by atoms with Crippen LogP contribution >= 0.6 is 23.5 Å². The molecule has 20 heavy (non-hydrogen) atoms. The lowest BCUT2D eigenvalue weighted by atomic mass is 10.2. The molecule has 0 radical (unpaired) electrons. The molecule has 104 valence electrons. The number of ketones is 1. The van der Waals surface area contributed by atoms with Crippen molar-refractivity contribution in [1.82, 2.24) is 19.9 Å². The lowest BCUT2D eigenvalue weighted by Crippen LogP contribution is -2.26. The molecule has 0 amide bonds. The Hall–Kier alpha value is -1.74. The van der Waals surface area contributed by atoms with Crippen molar-refractivity contribution in [2.24, 2.45) is 0 Å². The van der Waals surface area contributed by atoms with Crippen LogP contribution in [0.1, 0.15) is 0 Å². The van der Waals surface area contributed by atoms with E-state index in [0.29, 0.717) is 10.9 Å². The summed E-state index contributed by atoms with van der Waals surface area (Å²) in [6.07, 6.45) is 6.13. The van der Waals surface area contributed by atoms with Crippen molar-refractivity contribution in [2.45, 2.75) is 21.7 Å². The molecule has 0 aliphatic carbocycles. The lowest BCUT2D eigenvalue weighted by Gasteiger charge is -2.13. The molecule has 9 heteroatoms. The van der Waals surface area contributed by atoms with E-state index < -0.39 is 23.1 Å². The molecular weight excluding hydrogens is 300 g/mol. The highest BCUT2D eigenvalue weighted by atomic mass is 32.2. The van der Waals surface area contributed by atoms with Gasteiger partial charge in [-0.15, -0.1) is 0 Å². The maximum Gasteiger partial charge on any atom is 0.376 e. The molecule has 2 N–H and O–H groups in total. The highest BCUT2D eigenvalue weighted by Crippen LogP contribution is 2.31. The first-order chi connectivity index (χ1) is 9.74. The van der Waals surface area contributed by atoms with Gasteiger partial charge < -0.3 is 14.7 Å². The molecule has 1 saturated heterocycles. The summed E-state index contributed by atoms with van der Waals surface area (Å²) in [7, 11) is 0. The average Bonchev–Trinajstić information content (AvgIpc) is 3.16. The summed E-state index contributed by atoms with van der Waals surface area (Å²) in [5.41, 5.74) is 0. The van der Waals surface area contributed by atoms with Crippen LogP contribution in [0.4, 0.5) is 0 Å². The number of cyclic esters (lactones) is 1. The first-order valence-electron chi connectivity index (χ1n) is 5.77. The van der Waals surface area contributed by atoms with Gasteiger partial charge in [0.1, 0.15) is 11.4 Å². The van der Waals surface area contributed by atoms with Crippen molar-refractivity contribution < 1.29 is 14.3 Å². The van der Waals surface area contributed by atoms with Gasteiger partial charge in [0.25, 0.3) is 5.78 Å². The van der Waals surface area contributed by atoms with E-state index in [0.717, 1.165) is 5.16 Å². The third-order valence-corrected chi connectivity index (χ3v) is 4.83. The van der Waals surface area contributed by atoms with E-state index in [1.807, 2.05) is 0 Å². The van der Waals surface area contributed by atoms with Crippen LogP contribution in [0.5, 0.6) is 0 Å². The van der Waals surface area contributed by atoms with Crippen molar-refractivity contribution in [3.8, 4) is 0 Å². The molecule has 1 aliphatic rings. The van der Waals surface area contributed by atoms with E-state index in [-0.39, 0.29) is 0 Å². The lowest BCUT2D eigenvalue weighted by molar-refractivity contribution is -0.148. The summed E-state index contributed by atoms with van der Waals surface area (Å²) in [4.78, 5) is 37.2. The number of carbonyl (C=O) groups is 2. The van der Waals surface area contributed by atoms with Crippen molar-refractivity contribution in [3.63, 3.8) is 0 Å². The topological polar surface area (TPSA) is 101 Å². The number of nitrogens with one attached hydrogen (secondary N) is 2. The summed E-state index contributed by atoms with van der Waals surface area (Å²) in [5, 5.41) is 0.743. The molecule has 3 rings (SSSR count). The minimum absolute atomic E-state index is 0.462. The first-order valence-corrected chi connectivity index (χ1v) is 7.63. The number of aromatic amines is 2. The third kappa shape index (κ3) is 2.73. The number of H-pyrrole nitrogens is 2. The highest BCUT2D eigenvalue weighted by Gasteiger charge is 2.44. The minimum atomic E-state index is -0.779.